The van der Waals surface area contributed by atoms with Crippen LogP contribution in [0, 0.1) is 11.8 Å². The summed E-state index contributed by atoms with van der Waals surface area (Å²) in [7, 11) is 6.37. The summed E-state index contributed by atoms with van der Waals surface area (Å²) in [5, 5.41) is 53.9. The van der Waals surface area contributed by atoms with E-state index in [4.69, 9.17) is 5.73 Å². The Bertz CT molecular complexity index is 1310. The number of ketones is 2. The minimum atomic E-state index is -2.76. The van der Waals surface area contributed by atoms with Gasteiger partial charge in [0.15, 0.2) is 11.4 Å². The van der Waals surface area contributed by atoms with Crippen molar-refractivity contribution in [3.05, 3.63) is 45.4 Å². The number of nitrogens with zero attached hydrogens (tertiary/aromatic N) is 2. The number of benzene rings is 1. The molecule has 4 atom stereocenters. The number of aromatic carboxylic acids is 1. The number of carboxylic acid groups (broad SMARTS) is 1. The maximum atomic E-state index is 13.7. The summed E-state index contributed by atoms with van der Waals surface area (Å²) in [6.07, 6.45) is 0.00951. The molecule has 3 aliphatic carbocycles. The van der Waals surface area contributed by atoms with Crippen molar-refractivity contribution in [3.8, 4) is 5.75 Å². The van der Waals surface area contributed by atoms with Crippen LogP contribution >= 0.6 is 0 Å². The smallest absolute Gasteiger partial charge is 0.339 e. The lowest BCUT2D eigenvalue weighted by Crippen LogP contribution is -2.63. The lowest BCUT2D eigenvalue weighted by atomic mass is 9.58. The summed E-state index contributed by atoms with van der Waals surface area (Å²) in [6.45, 7) is 0. The van der Waals surface area contributed by atoms with E-state index >= 15 is 0 Å². The molecule has 3 aliphatic rings. The van der Waals surface area contributed by atoms with Crippen LogP contribution in [0.2, 0.25) is 0 Å². The van der Waals surface area contributed by atoms with Crippen LogP contribution in [-0.4, -0.2) is 93.7 Å². The second kappa shape index (κ2) is 8.07. The molecule has 0 saturated carbocycles. The third-order valence-corrected chi connectivity index (χ3v) is 7.41. The van der Waals surface area contributed by atoms with Crippen LogP contribution in [0.25, 0.3) is 0 Å². The molecule has 2 unspecified atom stereocenters. The topological polar surface area (TPSA) is 202 Å². The van der Waals surface area contributed by atoms with Crippen LogP contribution in [0.5, 0.6) is 5.75 Å². The van der Waals surface area contributed by atoms with Gasteiger partial charge in [-0.1, -0.05) is 0 Å². The second-order valence-electron chi connectivity index (χ2n) is 9.81. The molecule has 0 bridgehead atoms. The first-order valence-electron chi connectivity index (χ1n) is 11.1. The van der Waals surface area contributed by atoms with Gasteiger partial charge in [0.1, 0.15) is 28.4 Å². The van der Waals surface area contributed by atoms with Gasteiger partial charge in [-0.25, -0.2) is 4.79 Å². The van der Waals surface area contributed by atoms with Gasteiger partial charge in [-0.15, -0.1) is 0 Å². The van der Waals surface area contributed by atoms with Crippen LogP contribution < -0.4 is 10.6 Å². The molecule has 0 spiro atoms. The van der Waals surface area contributed by atoms with Crippen molar-refractivity contribution in [1.29, 1.82) is 0 Å². The molecular weight excluding hydrogens is 474 g/mol. The number of fused-ring (bicyclic) bond motifs is 3. The predicted octanol–water partition coefficient (Wildman–Crippen LogP) is -0.115. The molecule has 1 aromatic carbocycles. The zero-order valence-corrected chi connectivity index (χ0v) is 20.1. The van der Waals surface area contributed by atoms with E-state index in [1.807, 2.05) is 0 Å². The van der Waals surface area contributed by atoms with Crippen LogP contribution in [0.15, 0.2) is 28.7 Å². The number of aliphatic hydroxyl groups is 3. The van der Waals surface area contributed by atoms with E-state index in [-0.39, 0.29) is 24.0 Å². The number of likely N-dealkylation sites (N-methyl/N-ethyl adjacent to an activating group) is 1. The van der Waals surface area contributed by atoms with Crippen molar-refractivity contribution < 1.29 is 44.7 Å². The fourth-order valence-corrected chi connectivity index (χ4v) is 5.86. The largest absolute Gasteiger partial charge is 0.510 e. The van der Waals surface area contributed by atoms with Crippen molar-refractivity contribution >= 4 is 29.1 Å². The second-order valence-corrected chi connectivity index (χ2v) is 9.81. The molecule has 7 N–H and O–H groups in total. The zero-order valence-electron chi connectivity index (χ0n) is 20.1. The first-order valence-corrected chi connectivity index (χ1v) is 11.1. The van der Waals surface area contributed by atoms with E-state index in [1.54, 1.807) is 33.1 Å². The summed E-state index contributed by atoms with van der Waals surface area (Å²) in [4.78, 5) is 53.8. The monoisotopic (exact) mass is 501 g/mol. The number of amides is 1. The molecule has 12 nitrogen and oxygen atoms in total. The van der Waals surface area contributed by atoms with Gasteiger partial charge in [-0.05, 0) is 44.5 Å². The highest BCUT2D eigenvalue weighted by Crippen LogP contribution is 2.53. The summed E-state index contributed by atoms with van der Waals surface area (Å²) in [6, 6.07) is 0.157. The molecule has 0 heterocycles. The quantitative estimate of drug-likeness (QED) is 0.300. The van der Waals surface area contributed by atoms with E-state index in [0.717, 1.165) is 0 Å². The number of nitrogens with two attached hydrogens (primary N) is 1. The molecule has 0 aliphatic heterocycles. The number of hydrogen-bond acceptors (Lipinski definition) is 10. The van der Waals surface area contributed by atoms with Gasteiger partial charge in [0, 0.05) is 31.3 Å². The lowest BCUT2D eigenvalue weighted by Gasteiger charge is -2.50. The minimum absolute atomic E-state index is 0.0555. The highest BCUT2D eigenvalue weighted by Gasteiger charge is 2.63. The van der Waals surface area contributed by atoms with Crippen molar-refractivity contribution in [3.63, 3.8) is 0 Å². The number of hydrogen-bond donors (Lipinski definition) is 6. The van der Waals surface area contributed by atoms with Gasteiger partial charge in [0.25, 0.3) is 5.91 Å². The number of rotatable bonds is 4. The molecule has 36 heavy (non-hydrogen) atoms. The number of aromatic hydroxyl groups is 1. The summed E-state index contributed by atoms with van der Waals surface area (Å²) in [5.41, 5.74) is 1.15. The Morgan fingerprint density at radius 3 is 2.22 bits per heavy atom. The third-order valence-electron chi connectivity index (χ3n) is 7.41. The number of anilines is 1. The van der Waals surface area contributed by atoms with E-state index in [9.17, 15) is 44.7 Å². The summed E-state index contributed by atoms with van der Waals surface area (Å²) in [5.74, 6) is -9.40. The van der Waals surface area contributed by atoms with Crippen LogP contribution in [0.4, 0.5) is 5.69 Å². The Kier molecular flexibility index (Phi) is 5.65. The van der Waals surface area contributed by atoms with E-state index < -0.39 is 75.3 Å². The minimum Gasteiger partial charge on any atom is -0.510 e. The van der Waals surface area contributed by atoms with Crippen LogP contribution in [-0.2, 0) is 16.0 Å². The molecule has 0 saturated heterocycles. The summed E-state index contributed by atoms with van der Waals surface area (Å²) >= 11 is 0. The average molecular weight is 501 g/mol. The van der Waals surface area contributed by atoms with Crippen LogP contribution in [0.1, 0.15) is 32.7 Å². The fourth-order valence-electron chi connectivity index (χ4n) is 5.86. The molecule has 12 heteroatoms. The Labute approximate surface area is 205 Å². The number of carbonyl (C=O) groups is 4. The lowest BCUT2D eigenvalue weighted by molar-refractivity contribution is -0.148. The zero-order chi connectivity index (χ0) is 27.0. The third kappa shape index (κ3) is 3.14. The number of aliphatic hydroxyl groups excluding tert-OH is 2. The van der Waals surface area contributed by atoms with Gasteiger partial charge in [0.2, 0.25) is 5.78 Å². The molecule has 1 amide bonds. The molecule has 192 valence electrons. The normalized spacial score (nSPS) is 27.6. The van der Waals surface area contributed by atoms with Crippen molar-refractivity contribution in [1.82, 2.24) is 4.90 Å². The highest BCUT2D eigenvalue weighted by molar-refractivity contribution is 6.25. The maximum Gasteiger partial charge on any atom is 0.339 e. The van der Waals surface area contributed by atoms with Gasteiger partial charge >= 0.3 is 5.97 Å². The summed E-state index contributed by atoms with van der Waals surface area (Å²) < 4.78 is 0. The molecule has 0 radical (unpaired) electrons. The van der Waals surface area contributed by atoms with Gasteiger partial charge in [0.05, 0.1) is 11.6 Å². The van der Waals surface area contributed by atoms with Crippen LogP contribution in [0.3, 0.4) is 0 Å². The predicted molar refractivity (Wildman–Crippen MR) is 125 cm³/mol. The number of Topliss-reactive ketones (excluding diaryl/α,β-unsaturated/α-hetero) is 2. The van der Waals surface area contributed by atoms with Crippen molar-refractivity contribution in [2.45, 2.75) is 24.5 Å². The van der Waals surface area contributed by atoms with Crippen molar-refractivity contribution in [2.24, 2.45) is 17.6 Å². The average Bonchev–Trinajstić information content (AvgIpc) is 2.75. The Morgan fingerprint density at radius 2 is 1.72 bits per heavy atom. The Hall–Kier alpha value is -3.90. The van der Waals surface area contributed by atoms with E-state index in [0.29, 0.717) is 11.3 Å². The molecule has 0 aromatic heterocycles. The Balaban J connectivity index is 2.01. The van der Waals surface area contributed by atoms with Gasteiger partial charge < -0.3 is 36.2 Å². The molecule has 4 rings (SSSR count). The fraction of sp³-hybridized carbons (Fsp3) is 0.417. The van der Waals surface area contributed by atoms with Gasteiger partial charge in [-0.3, -0.25) is 19.3 Å². The SMILES string of the molecule is CN(C)c1cc(C(=O)O)c(O)c2c1CC1CC3[C@H](N(C)C)C(O)=C(C(N)=O)C(=O)[C@@]3(O)C(O)=C1C2=O. The number of allylic oxidation sites excluding steroid dienone is 1. The number of phenols is 1. The first-order chi connectivity index (χ1) is 16.7. The van der Waals surface area contributed by atoms with E-state index in [2.05, 4.69) is 0 Å². The maximum absolute atomic E-state index is 13.7. The van der Waals surface area contributed by atoms with Gasteiger partial charge in [-0.2, -0.15) is 0 Å². The number of primary amides is 1. The standard InChI is InChI=1S/C24H27N3O9/c1-26(2)12-7-10(23(34)35)17(28)14-9(12)5-8-6-11-16(27(3)4)19(30)15(22(25)33)21(32)24(11,36)20(31)13(8)18(14)29/h7-8,11,16,28,30-31,36H,5-6H2,1-4H3,(H2,25,33)(H,34,35)/t8?,11?,16-,24-/m0/s1. The molecule has 1 aromatic rings. The molecular formula is C24H27N3O9. The number of carbonyl (C=O) groups excluding carboxylic acids is 3. The molecule has 0 fully saturated rings. The van der Waals surface area contributed by atoms with E-state index in [1.165, 1.54) is 11.0 Å². The highest BCUT2D eigenvalue weighted by atomic mass is 16.4. The number of carboxylic acids is 1. The Morgan fingerprint density at radius 1 is 1.11 bits per heavy atom. The first kappa shape index (κ1) is 25.2. The van der Waals surface area contributed by atoms with Crippen molar-refractivity contribution in [2.75, 3.05) is 33.1 Å².